The number of aryl methyl sites for hydroxylation is 1. The predicted molar refractivity (Wildman–Crippen MR) is 65.1 cm³/mol. The van der Waals surface area contributed by atoms with Crippen molar-refractivity contribution in [1.82, 2.24) is 10.2 Å². The summed E-state index contributed by atoms with van der Waals surface area (Å²) < 4.78 is 0. The van der Waals surface area contributed by atoms with Crippen LogP contribution in [0.2, 0.25) is 0 Å². The minimum Gasteiger partial charge on any atom is -0.481 e. The highest BCUT2D eigenvalue weighted by atomic mass is 16.4. The maximum Gasteiger partial charge on any atom is 0.308 e. The maximum absolute atomic E-state index is 11.3. The van der Waals surface area contributed by atoms with Crippen molar-refractivity contribution in [2.75, 3.05) is 11.4 Å². The van der Waals surface area contributed by atoms with Gasteiger partial charge in [-0.25, -0.2) is 0 Å². The van der Waals surface area contributed by atoms with Crippen molar-refractivity contribution >= 4 is 11.7 Å². The number of nitrogens with one attached hydrogen (secondary N) is 1. The number of H-pyrrole nitrogens is 1. The molecule has 2 heterocycles. The predicted octanol–water partition coefficient (Wildman–Crippen LogP) is 1.80. The van der Waals surface area contributed by atoms with E-state index in [1.54, 1.807) is 6.20 Å². The Bertz CT molecular complexity index is 402. The Morgan fingerprint density at radius 1 is 1.59 bits per heavy atom. The molecule has 0 amide bonds. The van der Waals surface area contributed by atoms with Gasteiger partial charge in [-0.3, -0.25) is 9.89 Å². The van der Waals surface area contributed by atoms with Crippen LogP contribution < -0.4 is 4.90 Å². The van der Waals surface area contributed by atoms with E-state index in [9.17, 15) is 9.90 Å². The van der Waals surface area contributed by atoms with Crippen LogP contribution in [0.3, 0.4) is 0 Å². The van der Waals surface area contributed by atoms with Crippen LogP contribution in [-0.2, 0) is 4.79 Å². The van der Waals surface area contributed by atoms with Gasteiger partial charge in [-0.1, -0.05) is 6.42 Å². The molecule has 0 saturated carbocycles. The second kappa shape index (κ2) is 4.77. The van der Waals surface area contributed by atoms with E-state index in [4.69, 9.17) is 0 Å². The third-order valence-electron chi connectivity index (χ3n) is 3.67. The second-order valence-corrected chi connectivity index (χ2v) is 4.75. The fourth-order valence-electron chi connectivity index (χ4n) is 2.61. The van der Waals surface area contributed by atoms with Gasteiger partial charge < -0.3 is 10.0 Å². The lowest BCUT2D eigenvalue weighted by atomic mass is 9.96. The van der Waals surface area contributed by atoms with Crippen LogP contribution in [0.5, 0.6) is 0 Å². The highest BCUT2D eigenvalue weighted by Crippen LogP contribution is 2.29. The highest BCUT2D eigenvalue weighted by Gasteiger charge is 2.32. The lowest BCUT2D eigenvalue weighted by Crippen LogP contribution is -2.40. The first-order chi connectivity index (χ1) is 8.11. The quantitative estimate of drug-likeness (QED) is 0.823. The molecule has 1 aliphatic heterocycles. The van der Waals surface area contributed by atoms with Crippen LogP contribution in [-0.4, -0.2) is 33.9 Å². The van der Waals surface area contributed by atoms with E-state index in [2.05, 4.69) is 15.1 Å². The van der Waals surface area contributed by atoms with E-state index in [1.807, 2.05) is 13.8 Å². The third kappa shape index (κ3) is 2.28. The smallest absolute Gasteiger partial charge is 0.308 e. The number of aliphatic carboxylic acids is 1. The van der Waals surface area contributed by atoms with Crippen LogP contribution >= 0.6 is 0 Å². The molecule has 2 N–H and O–H groups in total. The first kappa shape index (κ1) is 12.0. The third-order valence-corrected chi connectivity index (χ3v) is 3.67. The van der Waals surface area contributed by atoms with Gasteiger partial charge >= 0.3 is 5.97 Å². The Hall–Kier alpha value is -1.52. The van der Waals surface area contributed by atoms with Gasteiger partial charge in [0.2, 0.25) is 0 Å². The van der Waals surface area contributed by atoms with Gasteiger partial charge in [0.25, 0.3) is 0 Å². The molecule has 1 saturated heterocycles. The van der Waals surface area contributed by atoms with E-state index in [1.165, 1.54) is 0 Å². The SMILES string of the molecule is Cc1[nH]ncc1N1CCCC[C@H](C(=O)O)[C@H]1C. The van der Waals surface area contributed by atoms with Crippen molar-refractivity contribution in [2.24, 2.45) is 5.92 Å². The number of rotatable bonds is 2. The molecule has 2 rings (SSSR count). The Labute approximate surface area is 101 Å². The fraction of sp³-hybridized carbons (Fsp3) is 0.667. The van der Waals surface area contributed by atoms with Crippen LogP contribution in [0.1, 0.15) is 31.9 Å². The fourth-order valence-corrected chi connectivity index (χ4v) is 2.61. The van der Waals surface area contributed by atoms with Gasteiger partial charge in [0.15, 0.2) is 0 Å². The molecule has 0 aromatic carbocycles. The zero-order valence-corrected chi connectivity index (χ0v) is 10.3. The summed E-state index contributed by atoms with van der Waals surface area (Å²) in [6.45, 7) is 4.87. The van der Waals surface area contributed by atoms with E-state index in [0.29, 0.717) is 0 Å². The van der Waals surface area contributed by atoms with Gasteiger partial charge in [-0.05, 0) is 26.7 Å². The highest BCUT2D eigenvalue weighted by molar-refractivity contribution is 5.72. The van der Waals surface area contributed by atoms with Gasteiger partial charge in [0, 0.05) is 12.6 Å². The minimum atomic E-state index is -0.689. The first-order valence-corrected chi connectivity index (χ1v) is 6.10. The summed E-state index contributed by atoms with van der Waals surface area (Å²) in [7, 11) is 0. The number of hydrogen-bond donors (Lipinski definition) is 2. The van der Waals surface area contributed by atoms with Crippen molar-refractivity contribution < 1.29 is 9.90 Å². The number of carboxylic acid groups (broad SMARTS) is 1. The van der Waals surface area contributed by atoms with E-state index < -0.39 is 5.97 Å². The molecule has 17 heavy (non-hydrogen) atoms. The Morgan fingerprint density at radius 2 is 2.35 bits per heavy atom. The summed E-state index contributed by atoms with van der Waals surface area (Å²) in [4.78, 5) is 13.4. The zero-order chi connectivity index (χ0) is 12.4. The Balaban J connectivity index is 2.26. The second-order valence-electron chi connectivity index (χ2n) is 4.75. The van der Waals surface area contributed by atoms with Crippen LogP contribution in [0.25, 0.3) is 0 Å². The summed E-state index contributed by atoms with van der Waals surface area (Å²) in [5, 5.41) is 16.2. The summed E-state index contributed by atoms with van der Waals surface area (Å²) in [6, 6.07) is 0.0197. The first-order valence-electron chi connectivity index (χ1n) is 6.10. The van der Waals surface area contributed by atoms with Crippen LogP contribution in [0.4, 0.5) is 5.69 Å². The maximum atomic E-state index is 11.3. The number of nitrogens with zero attached hydrogens (tertiary/aromatic N) is 2. The molecule has 0 spiro atoms. The zero-order valence-electron chi connectivity index (χ0n) is 10.3. The molecule has 0 aliphatic carbocycles. The van der Waals surface area contributed by atoms with Gasteiger partial charge in [-0.2, -0.15) is 5.10 Å². The lowest BCUT2D eigenvalue weighted by Gasteiger charge is -2.31. The standard InChI is InChI=1S/C12H19N3O2/c1-8-11(7-13-14-8)15-6-4-3-5-10(9(15)2)12(16)17/h7,9-10H,3-6H2,1-2H3,(H,13,14)(H,16,17)/t9-,10+/m1/s1. The molecule has 0 unspecified atom stereocenters. The van der Waals surface area contributed by atoms with Crippen molar-refractivity contribution in [3.05, 3.63) is 11.9 Å². The van der Waals surface area contributed by atoms with Crippen molar-refractivity contribution in [1.29, 1.82) is 0 Å². The summed E-state index contributed by atoms with van der Waals surface area (Å²) in [5.74, 6) is -0.975. The van der Waals surface area contributed by atoms with Crippen molar-refractivity contribution in [2.45, 2.75) is 39.2 Å². The summed E-state index contributed by atoms with van der Waals surface area (Å²) in [6.07, 6.45) is 4.58. The molecule has 5 nitrogen and oxygen atoms in total. The number of aromatic nitrogens is 2. The normalized spacial score (nSPS) is 25.6. The van der Waals surface area contributed by atoms with Gasteiger partial charge in [-0.15, -0.1) is 0 Å². The molecule has 94 valence electrons. The lowest BCUT2D eigenvalue weighted by molar-refractivity contribution is -0.142. The molecule has 0 radical (unpaired) electrons. The number of carboxylic acids is 1. The topological polar surface area (TPSA) is 69.2 Å². The minimum absolute atomic E-state index is 0.0197. The Kier molecular flexibility index (Phi) is 3.36. The van der Waals surface area contributed by atoms with E-state index in [0.717, 1.165) is 37.2 Å². The monoisotopic (exact) mass is 237 g/mol. The number of carbonyl (C=O) groups is 1. The van der Waals surface area contributed by atoms with Gasteiger partial charge in [0.1, 0.15) is 0 Å². The number of hydrogen-bond acceptors (Lipinski definition) is 3. The van der Waals surface area contributed by atoms with E-state index >= 15 is 0 Å². The van der Waals surface area contributed by atoms with Crippen molar-refractivity contribution in [3.8, 4) is 0 Å². The molecule has 1 aromatic rings. The molecule has 1 aromatic heterocycles. The molecule has 5 heteroatoms. The molecular weight excluding hydrogens is 218 g/mol. The molecule has 0 bridgehead atoms. The van der Waals surface area contributed by atoms with Gasteiger partial charge in [0.05, 0.1) is 23.5 Å². The Morgan fingerprint density at radius 3 is 2.94 bits per heavy atom. The molecular formula is C12H19N3O2. The largest absolute Gasteiger partial charge is 0.481 e. The van der Waals surface area contributed by atoms with Crippen LogP contribution in [0.15, 0.2) is 6.20 Å². The molecule has 2 atom stereocenters. The summed E-state index contributed by atoms with van der Waals surface area (Å²) >= 11 is 0. The molecule has 1 fully saturated rings. The van der Waals surface area contributed by atoms with Crippen molar-refractivity contribution in [3.63, 3.8) is 0 Å². The summed E-state index contributed by atoms with van der Waals surface area (Å²) in [5.41, 5.74) is 2.04. The molecule has 1 aliphatic rings. The van der Waals surface area contributed by atoms with E-state index in [-0.39, 0.29) is 12.0 Å². The average molecular weight is 237 g/mol. The van der Waals surface area contributed by atoms with Crippen LogP contribution in [0, 0.1) is 12.8 Å². The average Bonchev–Trinajstić information content (AvgIpc) is 2.59. The number of aromatic amines is 1. The number of anilines is 1.